The molecule has 0 aliphatic carbocycles. The molecule has 0 radical (unpaired) electrons. The summed E-state index contributed by atoms with van der Waals surface area (Å²) in [5, 5.41) is 3.16. The number of hydrogen-bond donors (Lipinski definition) is 1. The number of anilines is 2. The van der Waals surface area contributed by atoms with Gasteiger partial charge in [-0.15, -0.1) is 0 Å². The number of hydrogen-bond acceptors (Lipinski definition) is 4. The van der Waals surface area contributed by atoms with E-state index in [2.05, 4.69) is 22.2 Å². The number of aromatic nitrogens is 2. The highest BCUT2D eigenvalue weighted by molar-refractivity contribution is 5.92. The van der Waals surface area contributed by atoms with Crippen LogP contribution in [0.1, 0.15) is 35.8 Å². The third-order valence-electron chi connectivity index (χ3n) is 4.22. The fraction of sp³-hybridized carbons (Fsp3) is 0.389. The topological polar surface area (TPSA) is 58.1 Å². The molecule has 23 heavy (non-hydrogen) atoms. The molecule has 0 unspecified atom stereocenters. The number of carbonyl (C=O) groups excluding carboxylic acids is 1. The summed E-state index contributed by atoms with van der Waals surface area (Å²) < 4.78 is 0. The van der Waals surface area contributed by atoms with Crippen LogP contribution in [0.15, 0.2) is 36.5 Å². The van der Waals surface area contributed by atoms with Gasteiger partial charge in [-0.2, -0.15) is 0 Å². The van der Waals surface area contributed by atoms with Crippen LogP contribution in [-0.2, 0) is 0 Å². The molecule has 0 saturated carbocycles. The number of nitrogens with zero attached hydrogens (tertiary/aromatic N) is 3. The van der Waals surface area contributed by atoms with Crippen LogP contribution in [0.25, 0.3) is 0 Å². The molecular formula is C18H22N4O. The average Bonchev–Trinajstić information content (AvgIpc) is 2.55. The van der Waals surface area contributed by atoms with Gasteiger partial charge >= 0.3 is 0 Å². The number of carbonyl (C=O) groups is 1. The minimum atomic E-state index is -0.00778. The summed E-state index contributed by atoms with van der Waals surface area (Å²) >= 11 is 0. The summed E-state index contributed by atoms with van der Waals surface area (Å²) in [6.45, 7) is 5.88. The van der Waals surface area contributed by atoms with Crippen molar-refractivity contribution >= 4 is 17.5 Å². The summed E-state index contributed by atoms with van der Waals surface area (Å²) in [4.78, 5) is 23.1. The van der Waals surface area contributed by atoms with Gasteiger partial charge in [0.2, 0.25) is 5.95 Å². The van der Waals surface area contributed by atoms with Crippen molar-refractivity contribution in [3.8, 4) is 0 Å². The maximum atomic E-state index is 12.6. The van der Waals surface area contributed by atoms with Crippen molar-refractivity contribution in [2.75, 3.05) is 18.4 Å². The molecule has 1 aromatic heterocycles. The van der Waals surface area contributed by atoms with Crippen molar-refractivity contribution in [3.63, 3.8) is 0 Å². The van der Waals surface area contributed by atoms with Crippen molar-refractivity contribution in [2.45, 2.75) is 26.7 Å². The van der Waals surface area contributed by atoms with Crippen molar-refractivity contribution < 1.29 is 4.79 Å². The Morgan fingerprint density at radius 2 is 2.04 bits per heavy atom. The highest BCUT2D eigenvalue weighted by Crippen LogP contribution is 2.19. The van der Waals surface area contributed by atoms with Gasteiger partial charge in [0, 0.05) is 25.0 Å². The zero-order chi connectivity index (χ0) is 16.2. The second-order valence-corrected chi connectivity index (χ2v) is 6.23. The van der Waals surface area contributed by atoms with Gasteiger partial charge in [0.1, 0.15) is 5.69 Å². The first-order valence-corrected chi connectivity index (χ1v) is 8.08. The maximum Gasteiger partial charge on any atom is 0.272 e. The van der Waals surface area contributed by atoms with E-state index in [0.29, 0.717) is 17.6 Å². The zero-order valence-electron chi connectivity index (χ0n) is 13.6. The predicted octanol–water partition coefficient (Wildman–Crippen LogP) is 3.40. The van der Waals surface area contributed by atoms with Gasteiger partial charge in [-0.3, -0.25) is 4.79 Å². The second kappa shape index (κ2) is 6.77. The summed E-state index contributed by atoms with van der Waals surface area (Å²) in [6, 6.07) is 9.66. The smallest absolute Gasteiger partial charge is 0.272 e. The molecule has 1 N–H and O–H groups in total. The number of nitrogens with one attached hydrogen (secondary N) is 1. The van der Waals surface area contributed by atoms with E-state index < -0.39 is 0 Å². The highest BCUT2D eigenvalue weighted by Gasteiger charge is 2.22. The molecule has 1 saturated heterocycles. The van der Waals surface area contributed by atoms with E-state index in [1.807, 2.05) is 36.1 Å². The summed E-state index contributed by atoms with van der Waals surface area (Å²) in [7, 11) is 0. The molecule has 2 aromatic rings. The van der Waals surface area contributed by atoms with Crippen LogP contribution in [0.2, 0.25) is 0 Å². The molecule has 5 nitrogen and oxygen atoms in total. The molecule has 120 valence electrons. The number of amides is 1. The Balaban J connectivity index is 1.73. The third-order valence-corrected chi connectivity index (χ3v) is 4.22. The number of aryl methyl sites for hydroxylation is 1. The average molecular weight is 310 g/mol. The normalized spacial score (nSPS) is 15.5. The second-order valence-electron chi connectivity index (χ2n) is 6.23. The molecule has 1 aliphatic heterocycles. The van der Waals surface area contributed by atoms with E-state index >= 15 is 0 Å². The van der Waals surface area contributed by atoms with Crippen LogP contribution in [0.4, 0.5) is 11.6 Å². The SMILES string of the molecule is Cc1cccc(Nc2nccc(C(=O)N3CCC(C)CC3)n2)c1. The van der Waals surface area contributed by atoms with Crippen LogP contribution in [0.5, 0.6) is 0 Å². The quantitative estimate of drug-likeness (QED) is 0.944. The minimum absolute atomic E-state index is 0.00778. The van der Waals surface area contributed by atoms with E-state index in [-0.39, 0.29) is 5.91 Å². The van der Waals surface area contributed by atoms with Crippen LogP contribution in [-0.4, -0.2) is 33.9 Å². The van der Waals surface area contributed by atoms with E-state index in [4.69, 9.17) is 0 Å². The fourth-order valence-corrected chi connectivity index (χ4v) is 2.76. The van der Waals surface area contributed by atoms with Gasteiger partial charge in [-0.05, 0) is 49.4 Å². The molecular weight excluding hydrogens is 288 g/mol. The van der Waals surface area contributed by atoms with Gasteiger partial charge in [0.15, 0.2) is 0 Å². The summed E-state index contributed by atoms with van der Waals surface area (Å²) in [5.41, 5.74) is 2.52. The number of piperidine rings is 1. The van der Waals surface area contributed by atoms with Crippen molar-refractivity contribution in [3.05, 3.63) is 47.8 Å². The van der Waals surface area contributed by atoms with Crippen molar-refractivity contribution in [2.24, 2.45) is 5.92 Å². The van der Waals surface area contributed by atoms with Crippen LogP contribution in [0, 0.1) is 12.8 Å². The maximum absolute atomic E-state index is 12.6. The van der Waals surface area contributed by atoms with E-state index in [1.165, 1.54) is 0 Å². The molecule has 1 fully saturated rings. The van der Waals surface area contributed by atoms with Gasteiger partial charge in [0.05, 0.1) is 0 Å². The van der Waals surface area contributed by atoms with Crippen LogP contribution in [0.3, 0.4) is 0 Å². The fourth-order valence-electron chi connectivity index (χ4n) is 2.76. The van der Waals surface area contributed by atoms with Gasteiger partial charge < -0.3 is 10.2 Å². The van der Waals surface area contributed by atoms with Crippen molar-refractivity contribution in [1.82, 2.24) is 14.9 Å². The third kappa shape index (κ3) is 3.86. The Morgan fingerprint density at radius 3 is 2.78 bits per heavy atom. The highest BCUT2D eigenvalue weighted by atomic mass is 16.2. The van der Waals surface area contributed by atoms with E-state index in [9.17, 15) is 4.79 Å². The number of rotatable bonds is 3. The lowest BCUT2D eigenvalue weighted by Crippen LogP contribution is -2.38. The van der Waals surface area contributed by atoms with Crippen molar-refractivity contribution in [1.29, 1.82) is 0 Å². The molecule has 3 rings (SSSR count). The Morgan fingerprint density at radius 1 is 1.26 bits per heavy atom. The van der Waals surface area contributed by atoms with E-state index in [1.54, 1.807) is 12.3 Å². The monoisotopic (exact) mass is 310 g/mol. The summed E-state index contributed by atoms with van der Waals surface area (Å²) in [5.74, 6) is 1.14. The molecule has 0 bridgehead atoms. The van der Waals surface area contributed by atoms with E-state index in [0.717, 1.165) is 37.2 Å². The standard InChI is InChI=1S/C18H22N4O/c1-13-7-10-22(11-8-13)17(23)16-6-9-19-18(21-16)20-15-5-3-4-14(2)12-15/h3-6,9,12-13H,7-8,10-11H2,1-2H3,(H,19,20,21). The Kier molecular flexibility index (Phi) is 4.55. The Labute approximate surface area is 136 Å². The number of benzene rings is 1. The minimum Gasteiger partial charge on any atom is -0.337 e. The molecule has 1 aliphatic rings. The molecule has 5 heteroatoms. The first kappa shape index (κ1) is 15.5. The first-order valence-electron chi connectivity index (χ1n) is 8.08. The first-order chi connectivity index (χ1) is 11.1. The predicted molar refractivity (Wildman–Crippen MR) is 90.8 cm³/mol. The Bertz CT molecular complexity index is 693. The lowest BCUT2D eigenvalue weighted by Gasteiger charge is -2.30. The van der Waals surface area contributed by atoms with Gasteiger partial charge in [-0.25, -0.2) is 9.97 Å². The molecule has 2 heterocycles. The largest absolute Gasteiger partial charge is 0.337 e. The molecule has 0 spiro atoms. The lowest BCUT2D eigenvalue weighted by atomic mass is 9.99. The number of likely N-dealkylation sites (tertiary alicyclic amines) is 1. The van der Waals surface area contributed by atoms with Crippen LogP contribution < -0.4 is 5.32 Å². The zero-order valence-corrected chi connectivity index (χ0v) is 13.6. The van der Waals surface area contributed by atoms with Crippen LogP contribution >= 0.6 is 0 Å². The molecule has 1 amide bonds. The molecule has 0 atom stereocenters. The van der Waals surface area contributed by atoms with Gasteiger partial charge in [0.25, 0.3) is 5.91 Å². The molecule has 1 aromatic carbocycles. The summed E-state index contributed by atoms with van der Waals surface area (Å²) in [6.07, 6.45) is 3.75. The lowest BCUT2D eigenvalue weighted by molar-refractivity contribution is 0.0691. The van der Waals surface area contributed by atoms with Gasteiger partial charge in [-0.1, -0.05) is 19.1 Å². The Hall–Kier alpha value is -2.43.